The maximum atomic E-state index is 11.3. The second-order valence-corrected chi connectivity index (χ2v) is 4.86. The molecule has 19 heavy (non-hydrogen) atoms. The summed E-state index contributed by atoms with van der Waals surface area (Å²) >= 11 is 0. The van der Waals surface area contributed by atoms with Crippen molar-refractivity contribution in [2.24, 2.45) is 11.7 Å². The molecule has 0 aliphatic heterocycles. The van der Waals surface area contributed by atoms with E-state index in [1.54, 1.807) is 6.92 Å². The maximum Gasteiger partial charge on any atom is 0.234 e. The summed E-state index contributed by atoms with van der Waals surface area (Å²) in [4.78, 5) is 15.3. The Labute approximate surface area is 112 Å². The number of aromatic hydroxyl groups is 1. The molecule has 0 saturated heterocycles. The number of hydrogen-bond acceptors (Lipinski definition) is 5. The predicted molar refractivity (Wildman–Crippen MR) is 71.2 cm³/mol. The minimum Gasteiger partial charge on any atom is -0.506 e. The van der Waals surface area contributed by atoms with Gasteiger partial charge in [-0.2, -0.15) is 0 Å². The van der Waals surface area contributed by atoms with E-state index in [0.29, 0.717) is 16.8 Å². The first kappa shape index (κ1) is 15.4. The smallest absolute Gasteiger partial charge is 0.234 e. The molecule has 0 spiro atoms. The van der Waals surface area contributed by atoms with E-state index in [4.69, 9.17) is 5.73 Å². The van der Waals surface area contributed by atoms with Crippen molar-refractivity contribution in [2.75, 3.05) is 0 Å². The summed E-state index contributed by atoms with van der Waals surface area (Å²) in [5.74, 6) is -0.364. The number of amides is 1. The van der Waals surface area contributed by atoms with Crippen LogP contribution in [0.15, 0.2) is 6.20 Å². The first-order valence-electron chi connectivity index (χ1n) is 6.18. The van der Waals surface area contributed by atoms with Gasteiger partial charge in [-0.15, -0.1) is 0 Å². The highest BCUT2D eigenvalue weighted by Gasteiger charge is 2.20. The van der Waals surface area contributed by atoms with Gasteiger partial charge in [-0.05, 0) is 12.8 Å². The lowest BCUT2D eigenvalue weighted by Crippen LogP contribution is -2.44. The zero-order chi connectivity index (χ0) is 14.6. The number of aliphatic hydroxyl groups excluding tert-OH is 1. The molecule has 0 fully saturated rings. The second kappa shape index (κ2) is 6.49. The Kier molecular flexibility index (Phi) is 5.26. The number of nitrogens with one attached hydrogen (secondary N) is 1. The lowest BCUT2D eigenvalue weighted by atomic mass is 10.0. The Bertz CT molecular complexity index is 461. The van der Waals surface area contributed by atoms with Gasteiger partial charge in [-0.25, -0.2) is 0 Å². The van der Waals surface area contributed by atoms with Crippen LogP contribution in [0.5, 0.6) is 5.75 Å². The second-order valence-electron chi connectivity index (χ2n) is 4.86. The third-order valence-corrected chi connectivity index (χ3v) is 3.07. The molecule has 1 rings (SSSR count). The van der Waals surface area contributed by atoms with Crippen LogP contribution in [0.2, 0.25) is 0 Å². The summed E-state index contributed by atoms with van der Waals surface area (Å²) < 4.78 is 0. The zero-order valence-electron chi connectivity index (χ0n) is 11.5. The Balaban J connectivity index is 2.93. The monoisotopic (exact) mass is 267 g/mol. The highest BCUT2D eigenvalue weighted by Crippen LogP contribution is 2.23. The van der Waals surface area contributed by atoms with E-state index in [9.17, 15) is 15.0 Å². The molecule has 0 aromatic carbocycles. The highest BCUT2D eigenvalue weighted by atomic mass is 16.3. The fourth-order valence-corrected chi connectivity index (χ4v) is 1.89. The molecule has 1 unspecified atom stereocenters. The van der Waals surface area contributed by atoms with Crippen molar-refractivity contribution < 1.29 is 15.0 Å². The molecule has 1 heterocycles. The molecule has 0 saturated carbocycles. The summed E-state index contributed by atoms with van der Waals surface area (Å²) in [6.07, 6.45) is 1.51. The van der Waals surface area contributed by atoms with Crippen molar-refractivity contribution in [3.05, 3.63) is 23.0 Å². The molecule has 0 aliphatic rings. The topological polar surface area (TPSA) is 108 Å². The van der Waals surface area contributed by atoms with Gasteiger partial charge in [-0.1, -0.05) is 13.8 Å². The van der Waals surface area contributed by atoms with E-state index in [0.717, 1.165) is 0 Å². The zero-order valence-corrected chi connectivity index (χ0v) is 11.5. The van der Waals surface area contributed by atoms with Gasteiger partial charge < -0.3 is 21.3 Å². The number of nitrogens with two attached hydrogens (primary N) is 1. The summed E-state index contributed by atoms with van der Waals surface area (Å²) in [5.41, 5.74) is 6.87. The molecule has 0 radical (unpaired) electrons. The van der Waals surface area contributed by atoms with Gasteiger partial charge in [-0.3, -0.25) is 9.78 Å². The number of carbonyl (C=O) groups excluding carboxylic acids is 1. The predicted octanol–water partition coefficient (Wildman–Crippen LogP) is 0.187. The van der Waals surface area contributed by atoms with E-state index < -0.39 is 11.9 Å². The quantitative estimate of drug-likeness (QED) is 0.588. The molecule has 106 valence electrons. The van der Waals surface area contributed by atoms with Crippen molar-refractivity contribution in [3.8, 4) is 5.75 Å². The van der Waals surface area contributed by atoms with Crippen LogP contribution >= 0.6 is 0 Å². The SMILES string of the molecule is Cc1ncc(CO)c(CNC(C(N)=O)C(C)C)c1O. The molecule has 1 aromatic heterocycles. The van der Waals surface area contributed by atoms with Gasteiger partial charge in [0, 0.05) is 23.9 Å². The fraction of sp³-hybridized carbons (Fsp3) is 0.538. The lowest BCUT2D eigenvalue weighted by Gasteiger charge is -2.20. The van der Waals surface area contributed by atoms with Crippen LogP contribution in [0, 0.1) is 12.8 Å². The molecule has 1 amide bonds. The maximum absolute atomic E-state index is 11.3. The van der Waals surface area contributed by atoms with Crippen LogP contribution in [-0.2, 0) is 17.9 Å². The Morgan fingerprint density at radius 3 is 2.63 bits per heavy atom. The van der Waals surface area contributed by atoms with E-state index >= 15 is 0 Å². The van der Waals surface area contributed by atoms with E-state index in [1.807, 2.05) is 13.8 Å². The molecule has 6 heteroatoms. The van der Waals surface area contributed by atoms with E-state index in [1.165, 1.54) is 6.20 Å². The average molecular weight is 267 g/mol. The molecule has 6 nitrogen and oxygen atoms in total. The first-order valence-corrected chi connectivity index (χ1v) is 6.18. The Morgan fingerprint density at radius 1 is 1.53 bits per heavy atom. The number of pyridine rings is 1. The number of aromatic nitrogens is 1. The lowest BCUT2D eigenvalue weighted by molar-refractivity contribution is -0.121. The normalized spacial score (nSPS) is 12.7. The largest absolute Gasteiger partial charge is 0.506 e. The summed E-state index contributed by atoms with van der Waals surface area (Å²) in [7, 11) is 0. The standard InChI is InChI=1S/C13H21N3O3/c1-7(2)11(13(14)19)16-5-10-9(6-17)4-15-8(3)12(10)18/h4,7,11,16-18H,5-6H2,1-3H3,(H2,14,19). The summed E-state index contributed by atoms with van der Waals surface area (Å²) in [6.45, 7) is 5.46. The average Bonchev–Trinajstić information content (AvgIpc) is 2.33. The minimum absolute atomic E-state index is 0.0334. The van der Waals surface area contributed by atoms with Gasteiger partial charge >= 0.3 is 0 Å². The van der Waals surface area contributed by atoms with Crippen LogP contribution in [0.4, 0.5) is 0 Å². The van der Waals surface area contributed by atoms with Crippen LogP contribution in [-0.4, -0.2) is 27.1 Å². The molecule has 0 bridgehead atoms. The number of rotatable bonds is 6. The van der Waals surface area contributed by atoms with Crippen LogP contribution in [0.3, 0.4) is 0 Å². The summed E-state index contributed by atoms with van der Waals surface area (Å²) in [6, 6.07) is -0.487. The Morgan fingerprint density at radius 2 is 2.16 bits per heavy atom. The van der Waals surface area contributed by atoms with Crippen molar-refractivity contribution in [1.29, 1.82) is 0 Å². The number of hydrogen-bond donors (Lipinski definition) is 4. The van der Waals surface area contributed by atoms with Crippen LogP contribution in [0.25, 0.3) is 0 Å². The van der Waals surface area contributed by atoms with E-state index in [2.05, 4.69) is 10.3 Å². The summed E-state index contributed by atoms with van der Waals surface area (Å²) in [5, 5.41) is 22.2. The Hall–Kier alpha value is -1.66. The van der Waals surface area contributed by atoms with Crippen molar-refractivity contribution in [3.63, 3.8) is 0 Å². The van der Waals surface area contributed by atoms with Gasteiger partial charge in [0.1, 0.15) is 5.75 Å². The van der Waals surface area contributed by atoms with Gasteiger partial charge in [0.15, 0.2) is 0 Å². The van der Waals surface area contributed by atoms with Gasteiger partial charge in [0.25, 0.3) is 0 Å². The third kappa shape index (κ3) is 3.65. The van der Waals surface area contributed by atoms with Gasteiger partial charge in [0.05, 0.1) is 18.3 Å². The molecular formula is C13H21N3O3. The molecule has 1 atom stereocenters. The molecule has 0 aliphatic carbocycles. The number of carbonyl (C=O) groups is 1. The van der Waals surface area contributed by atoms with Gasteiger partial charge in [0.2, 0.25) is 5.91 Å². The van der Waals surface area contributed by atoms with Crippen LogP contribution in [0.1, 0.15) is 30.7 Å². The minimum atomic E-state index is -0.487. The number of aliphatic hydroxyl groups is 1. The highest BCUT2D eigenvalue weighted by molar-refractivity contribution is 5.80. The first-order chi connectivity index (χ1) is 8.88. The van der Waals surface area contributed by atoms with Crippen LogP contribution < -0.4 is 11.1 Å². The van der Waals surface area contributed by atoms with Crippen molar-refractivity contribution in [1.82, 2.24) is 10.3 Å². The third-order valence-electron chi connectivity index (χ3n) is 3.07. The van der Waals surface area contributed by atoms with E-state index in [-0.39, 0.29) is 24.8 Å². The number of primary amides is 1. The van der Waals surface area contributed by atoms with Crippen molar-refractivity contribution in [2.45, 2.75) is 40.0 Å². The number of aryl methyl sites for hydroxylation is 1. The number of nitrogens with zero attached hydrogens (tertiary/aromatic N) is 1. The molecule has 5 N–H and O–H groups in total. The van der Waals surface area contributed by atoms with Crippen molar-refractivity contribution >= 4 is 5.91 Å². The molecular weight excluding hydrogens is 246 g/mol. The fourth-order valence-electron chi connectivity index (χ4n) is 1.89. The molecule has 1 aromatic rings.